The summed E-state index contributed by atoms with van der Waals surface area (Å²) in [6.07, 6.45) is 0.406. The van der Waals surface area contributed by atoms with E-state index in [2.05, 4.69) is 9.44 Å². The van der Waals surface area contributed by atoms with E-state index in [1.807, 2.05) is 13.8 Å². The molecule has 0 bridgehead atoms. The molecule has 0 amide bonds. The van der Waals surface area contributed by atoms with E-state index in [1.165, 1.54) is 6.07 Å². The highest BCUT2D eigenvalue weighted by Crippen LogP contribution is 2.20. The Bertz CT molecular complexity index is 634. The van der Waals surface area contributed by atoms with Gasteiger partial charge >= 0.3 is 0 Å². The Kier molecular flexibility index (Phi) is 6.10. The third-order valence-corrected chi connectivity index (χ3v) is 5.98. The van der Waals surface area contributed by atoms with Crippen molar-refractivity contribution in [2.75, 3.05) is 13.1 Å². The van der Waals surface area contributed by atoms with Crippen molar-refractivity contribution in [3.63, 3.8) is 0 Å². The van der Waals surface area contributed by atoms with Gasteiger partial charge in [-0.3, -0.25) is 0 Å². The van der Waals surface area contributed by atoms with Gasteiger partial charge in [-0.05, 0) is 24.5 Å². The summed E-state index contributed by atoms with van der Waals surface area (Å²) in [6.45, 7) is 4.37. The summed E-state index contributed by atoms with van der Waals surface area (Å²) in [5.41, 5.74) is 0. The Labute approximate surface area is 123 Å². The number of sulfonamides is 1. The van der Waals surface area contributed by atoms with Crippen LogP contribution in [0.2, 0.25) is 0 Å². The molecule has 0 aliphatic carbocycles. The van der Waals surface area contributed by atoms with E-state index in [4.69, 9.17) is 5.14 Å². The molecule has 0 radical (unpaired) electrons. The molecule has 116 valence electrons. The van der Waals surface area contributed by atoms with Crippen LogP contribution in [0.5, 0.6) is 0 Å². The zero-order valence-electron chi connectivity index (χ0n) is 11.3. The highest BCUT2D eigenvalue weighted by molar-refractivity contribution is 7.91. The van der Waals surface area contributed by atoms with Gasteiger partial charge in [0.1, 0.15) is 4.21 Å². The van der Waals surface area contributed by atoms with E-state index in [0.29, 0.717) is 13.0 Å². The van der Waals surface area contributed by atoms with E-state index in [9.17, 15) is 16.8 Å². The lowest BCUT2D eigenvalue weighted by molar-refractivity contribution is 0.547. The number of rotatable bonds is 8. The van der Waals surface area contributed by atoms with Gasteiger partial charge in [-0.25, -0.2) is 23.0 Å². The lowest BCUT2D eigenvalue weighted by Crippen LogP contribution is -2.39. The van der Waals surface area contributed by atoms with Crippen molar-refractivity contribution in [2.45, 2.75) is 24.5 Å². The minimum Gasteiger partial charge on any atom is -0.224 e. The molecule has 0 unspecified atom stereocenters. The molecule has 1 aromatic heterocycles. The fourth-order valence-corrected chi connectivity index (χ4v) is 4.09. The van der Waals surface area contributed by atoms with Gasteiger partial charge in [0.15, 0.2) is 0 Å². The second kappa shape index (κ2) is 6.96. The lowest BCUT2D eigenvalue weighted by Gasteiger charge is -2.09. The SMILES string of the molecule is CC(C)CNS(=O)(=O)NCCc1ccc(S(N)(=O)=O)s1. The van der Waals surface area contributed by atoms with Crippen molar-refractivity contribution in [3.05, 3.63) is 17.0 Å². The van der Waals surface area contributed by atoms with Gasteiger partial charge in [0.25, 0.3) is 10.2 Å². The number of primary sulfonamides is 1. The summed E-state index contributed by atoms with van der Waals surface area (Å²) >= 11 is 1.04. The molecule has 0 aromatic carbocycles. The summed E-state index contributed by atoms with van der Waals surface area (Å²) in [4.78, 5) is 0.751. The van der Waals surface area contributed by atoms with Crippen LogP contribution in [0, 0.1) is 5.92 Å². The molecule has 0 aliphatic rings. The average molecular weight is 341 g/mol. The Balaban J connectivity index is 2.47. The first kappa shape index (κ1) is 17.5. The highest BCUT2D eigenvalue weighted by atomic mass is 32.2. The predicted octanol–water partition coefficient (Wildman–Crippen LogP) is 0.0180. The van der Waals surface area contributed by atoms with Gasteiger partial charge in [0.2, 0.25) is 10.0 Å². The molecular weight excluding hydrogens is 322 g/mol. The van der Waals surface area contributed by atoms with Gasteiger partial charge in [0.05, 0.1) is 0 Å². The summed E-state index contributed by atoms with van der Waals surface area (Å²) in [5.74, 6) is 0.223. The average Bonchev–Trinajstić information content (AvgIpc) is 2.75. The largest absolute Gasteiger partial charge is 0.276 e. The molecule has 0 fully saturated rings. The quantitative estimate of drug-likeness (QED) is 0.617. The molecule has 1 aromatic rings. The van der Waals surface area contributed by atoms with E-state index in [-0.39, 0.29) is 16.7 Å². The molecule has 4 N–H and O–H groups in total. The van der Waals surface area contributed by atoms with Crippen LogP contribution in [-0.4, -0.2) is 29.9 Å². The second-order valence-corrected chi connectivity index (χ2v) is 9.20. The molecule has 20 heavy (non-hydrogen) atoms. The summed E-state index contributed by atoms with van der Waals surface area (Å²) in [5, 5.41) is 5.00. The van der Waals surface area contributed by atoms with Gasteiger partial charge in [0, 0.05) is 18.0 Å². The van der Waals surface area contributed by atoms with E-state index in [0.717, 1.165) is 16.2 Å². The van der Waals surface area contributed by atoms with Crippen LogP contribution < -0.4 is 14.6 Å². The van der Waals surface area contributed by atoms with Crippen LogP contribution in [0.15, 0.2) is 16.3 Å². The Morgan fingerprint density at radius 2 is 1.85 bits per heavy atom. The number of hydrogen-bond acceptors (Lipinski definition) is 5. The number of nitrogens with two attached hydrogens (primary N) is 1. The fraction of sp³-hybridized carbons (Fsp3) is 0.600. The van der Waals surface area contributed by atoms with Crippen LogP contribution in [0.1, 0.15) is 18.7 Å². The first-order chi connectivity index (χ1) is 9.10. The minimum atomic E-state index is -3.69. The molecule has 0 spiro atoms. The van der Waals surface area contributed by atoms with Crippen molar-refractivity contribution in [3.8, 4) is 0 Å². The molecule has 10 heteroatoms. The Morgan fingerprint density at radius 1 is 1.20 bits per heavy atom. The molecule has 0 atom stereocenters. The zero-order chi connectivity index (χ0) is 15.4. The standard InChI is InChI=1S/C10H19N3O4S3/c1-8(2)7-13-20(16,17)12-6-5-9-3-4-10(18-9)19(11,14)15/h3-4,8,12-13H,5-7H2,1-2H3,(H2,11,14,15). The maximum Gasteiger partial charge on any atom is 0.276 e. The summed E-state index contributed by atoms with van der Waals surface area (Å²) in [6, 6.07) is 3.04. The van der Waals surface area contributed by atoms with Crippen LogP contribution in [0.25, 0.3) is 0 Å². The maximum absolute atomic E-state index is 11.6. The molecule has 0 aliphatic heterocycles. The van der Waals surface area contributed by atoms with Crippen molar-refractivity contribution >= 4 is 31.6 Å². The second-order valence-electron chi connectivity index (χ2n) is 4.66. The lowest BCUT2D eigenvalue weighted by atomic mass is 10.2. The third-order valence-electron chi connectivity index (χ3n) is 2.26. The normalized spacial score (nSPS) is 13.0. The van der Waals surface area contributed by atoms with Crippen LogP contribution in [0.3, 0.4) is 0 Å². The van der Waals surface area contributed by atoms with Crippen LogP contribution in [0.4, 0.5) is 0 Å². The third kappa shape index (κ3) is 6.29. The van der Waals surface area contributed by atoms with Gasteiger partial charge in [-0.1, -0.05) is 13.8 Å². The van der Waals surface area contributed by atoms with Crippen molar-refractivity contribution in [2.24, 2.45) is 11.1 Å². The van der Waals surface area contributed by atoms with Crippen molar-refractivity contribution < 1.29 is 16.8 Å². The fourth-order valence-electron chi connectivity index (χ4n) is 1.28. The summed E-state index contributed by atoms with van der Waals surface area (Å²) in [7, 11) is -7.19. The predicted molar refractivity (Wildman–Crippen MR) is 79.2 cm³/mol. The van der Waals surface area contributed by atoms with Gasteiger partial charge in [-0.2, -0.15) is 8.42 Å². The smallest absolute Gasteiger partial charge is 0.224 e. The molecule has 7 nitrogen and oxygen atoms in total. The molecular formula is C10H19N3O4S3. The minimum absolute atomic E-state index is 0.0771. The highest BCUT2D eigenvalue weighted by Gasteiger charge is 2.12. The summed E-state index contributed by atoms with van der Waals surface area (Å²) < 4.78 is 50.2. The first-order valence-corrected chi connectivity index (χ1v) is 9.80. The topological polar surface area (TPSA) is 118 Å². The number of thiophene rings is 1. The van der Waals surface area contributed by atoms with E-state index < -0.39 is 20.2 Å². The molecule has 1 heterocycles. The van der Waals surface area contributed by atoms with E-state index in [1.54, 1.807) is 6.07 Å². The van der Waals surface area contributed by atoms with Crippen molar-refractivity contribution in [1.82, 2.24) is 9.44 Å². The zero-order valence-corrected chi connectivity index (χ0v) is 13.7. The number of hydrogen-bond donors (Lipinski definition) is 3. The Morgan fingerprint density at radius 3 is 2.35 bits per heavy atom. The Hall–Kier alpha value is -0.520. The monoisotopic (exact) mass is 341 g/mol. The maximum atomic E-state index is 11.6. The van der Waals surface area contributed by atoms with Gasteiger partial charge in [-0.15, -0.1) is 11.3 Å². The van der Waals surface area contributed by atoms with Crippen LogP contribution in [-0.2, 0) is 26.7 Å². The molecule has 0 saturated heterocycles. The molecule has 0 saturated carbocycles. The van der Waals surface area contributed by atoms with Crippen molar-refractivity contribution in [1.29, 1.82) is 0 Å². The molecule has 1 rings (SSSR count). The first-order valence-electron chi connectivity index (χ1n) is 5.96. The van der Waals surface area contributed by atoms with E-state index >= 15 is 0 Å². The van der Waals surface area contributed by atoms with Gasteiger partial charge < -0.3 is 0 Å². The van der Waals surface area contributed by atoms with Crippen LogP contribution >= 0.6 is 11.3 Å². The number of nitrogens with one attached hydrogen (secondary N) is 2.